The van der Waals surface area contributed by atoms with E-state index in [0.717, 1.165) is 21.2 Å². The first-order chi connectivity index (χ1) is 9.74. The molecule has 0 saturated carbocycles. The summed E-state index contributed by atoms with van der Waals surface area (Å²) in [4.78, 5) is 13.4. The molecule has 0 amide bonds. The summed E-state index contributed by atoms with van der Waals surface area (Å²) in [5, 5.41) is 4.29. The van der Waals surface area contributed by atoms with Gasteiger partial charge in [0, 0.05) is 10.4 Å². The molecule has 3 rings (SSSR count). The highest BCUT2D eigenvalue weighted by Gasteiger charge is 2.03. The lowest BCUT2D eigenvalue weighted by molar-refractivity contribution is 0.104. The lowest BCUT2D eigenvalue weighted by Crippen LogP contribution is -1.93. The summed E-state index contributed by atoms with van der Waals surface area (Å²) in [7, 11) is 0. The highest BCUT2D eigenvalue weighted by atomic mass is 32.1. The highest BCUT2D eigenvalue weighted by Crippen LogP contribution is 2.19. The number of rotatable bonds is 3. The molecule has 3 aromatic rings. The largest absolute Gasteiger partial charge is 0.289 e. The quantitative estimate of drug-likeness (QED) is 0.481. The van der Waals surface area contributed by atoms with Crippen LogP contribution in [0, 0.1) is 6.92 Å². The molecule has 98 valence electrons. The van der Waals surface area contributed by atoms with E-state index in [9.17, 15) is 4.79 Å². The van der Waals surface area contributed by atoms with Gasteiger partial charge in [-0.1, -0.05) is 36.4 Å². The van der Waals surface area contributed by atoms with E-state index < -0.39 is 0 Å². The minimum Gasteiger partial charge on any atom is -0.289 e. The Kier molecular flexibility index (Phi) is 3.48. The number of benzene rings is 2. The van der Waals surface area contributed by atoms with Gasteiger partial charge in [0.1, 0.15) is 0 Å². The summed E-state index contributed by atoms with van der Waals surface area (Å²) in [6.45, 7) is 2.05. The number of hydrogen-bond donors (Lipinski definition) is 0. The molecule has 20 heavy (non-hydrogen) atoms. The summed E-state index contributed by atoms with van der Waals surface area (Å²) < 4.78 is 0. The average molecular weight is 278 g/mol. The molecule has 0 atom stereocenters. The molecule has 0 bridgehead atoms. The Morgan fingerprint density at radius 3 is 2.60 bits per heavy atom. The van der Waals surface area contributed by atoms with E-state index in [4.69, 9.17) is 0 Å². The number of allylic oxidation sites excluding steroid dienone is 1. The van der Waals surface area contributed by atoms with Crippen LogP contribution >= 0.6 is 11.3 Å². The van der Waals surface area contributed by atoms with Crippen LogP contribution in [0.3, 0.4) is 0 Å². The Balaban J connectivity index is 1.89. The third-order valence-electron chi connectivity index (χ3n) is 3.32. The van der Waals surface area contributed by atoms with Gasteiger partial charge in [0.2, 0.25) is 0 Å². The van der Waals surface area contributed by atoms with Crippen molar-refractivity contribution < 1.29 is 4.79 Å². The summed E-state index contributed by atoms with van der Waals surface area (Å²) in [5.41, 5.74) is 1.94. The van der Waals surface area contributed by atoms with Crippen LogP contribution in [0.2, 0.25) is 0 Å². The zero-order chi connectivity index (χ0) is 13.9. The number of ketones is 1. The fourth-order valence-corrected chi connectivity index (χ4v) is 2.96. The standard InChI is InChI=1S/C18H14OS/c1-13-10-11-20-18(13)9-8-17(19)16-7-6-14-4-2-3-5-15(14)12-16/h2-12H,1H3. The Hall–Kier alpha value is -2.19. The minimum atomic E-state index is 0.0450. The van der Waals surface area contributed by atoms with Gasteiger partial charge in [-0.3, -0.25) is 4.79 Å². The lowest BCUT2D eigenvalue weighted by atomic mass is 10.0. The van der Waals surface area contributed by atoms with Crippen molar-refractivity contribution in [1.82, 2.24) is 0 Å². The first-order valence-electron chi connectivity index (χ1n) is 6.49. The number of carbonyl (C=O) groups is 1. The molecule has 0 aliphatic heterocycles. The Morgan fingerprint density at radius 2 is 1.85 bits per heavy atom. The normalized spacial score (nSPS) is 11.2. The lowest BCUT2D eigenvalue weighted by Gasteiger charge is -2.00. The van der Waals surface area contributed by atoms with E-state index in [2.05, 4.69) is 19.1 Å². The second-order valence-corrected chi connectivity index (χ2v) is 5.68. The zero-order valence-corrected chi connectivity index (χ0v) is 12.0. The smallest absolute Gasteiger partial charge is 0.185 e. The van der Waals surface area contributed by atoms with Crippen LogP contribution in [0.5, 0.6) is 0 Å². The van der Waals surface area contributed by atoms with Crippen LogP contribution < -0.4 is 0 Å². The molecule has 0 aliphatic rings. The van der Waals surface area contributed by atoms with Crippen molar-refractivity contribution >= 4 is 34.0 Å². The predicted octanol–water partition coefficient (Wildman–Crippen LogP) is 5.11. The molecule has 0 fully saturated rings. The molecule has 0 aliphatic carbocycles. The molecule has 0 saturated heterocycles. The molecule has 1 heterocycles. The molecular weight excluding hydrogens is 264 g/mol. The monoisotopic (exact) mass is 278 g/mol. The second kappa shape index (κ2) is 5.43. The number of hydrogen-bond acceptors (Lipinski definition) is 2. The Labute approximate surface area is 122 Å². The average Bonchev–Trinajstić information content (AvgIpc) is 2.89. The van der Waals surface area contributed by atoms with Crippen LogP contribution in [0.4, 0.5) is 0 Å². The number of aryl methyl sites for hydroxylation is 1. The molecule has 0 N–H and O–H groups in total. The number of thiophene rings is 1. The molecule has 1 aromatic heterocycles. The molecule has 0 radical (unpaired) electrons. The van der Waals surface area contributed by atoms with Crippen LogP contribution in [0.1, 0.15) is 20.8 Å². The van der Waals surface area contributed by atoms with Crippen molar-refractivity contribution in [2.75, 3.05) is 0 Å². The Bertz CT molecular complexity index is 796. The molecular formula is C18H14OS. The highest BCUT2D eigenvalue weighted by molar-refractivity contribution is 7.11. The van der Waals surface area contributed by atoms with Crippen molar-refractivity contribution in [1.29, 1.82) is 0 Å². The van der Waals surface area contributed by atoms with E-state index in [1.165, 1.54) is 5.56 Å². The van der Waals surface area contributed by atoms with Gasteiger partial charge < -0.3 is 0 Å². The maximum Gasteiger partial charge on any atom is 0.185 e. The van der Waals surface area contributed by atoms with Gasteiger partial charge in [0.25, 0.3) is 0 Å². The zero-order valence-electron chi connectivity index (χ0n) is 11.2. The third kappa shape index (κ3) is 2.56. The van der Waals surface area contributed by atoms with Crippen molar-refractivity contribution in [2.24, 2.45) is 0 Å². The maximum atomic E-state index is 12.2. The van der Waals surface area contributed by atoms with Gasteiger partial charge in [-0.2, -0.15) is 0 Å². The second-order valence-electron chi connectivity index (χ2n) is 4.73. The number of fused-ring (bicyclic) bond motifs is 1. The van der Waals surface area contributed by atoms with Crippen LogP contribution in [0.25, 0.3) is 16.8 Å². The van der Waals surface area contributed by atoms with Crippen molar-refractivity contribution in [3.8, 4) is 0 Å². The number of carbonyl (C=O) groups excluding carboxylic acids is 1. The van der Waals surface area contributed by atoms with Gasteiger partial charge in [0.05, 0.1) is 0 Å². The van der Waals surface area contributed by atoms with E-state index in [1.54, 1.807) is 17.4 Å². The topological polar surface area (TPSA) is 17.1 Å². The molecule has 0 unspecified atom stereocenters. The summed E-state index contributed by atoms with van der Waals surface area (Å²) in [5.74, 6) is 0.0450. The molecule has 2 aromatic carbocycles. The van der Waals surface area contributed by atoms with Gasteiger partial charge in [-0.15, -0.1) is 11.3 Å². The van der Waals surface area contributed by atoms with Crippen LogP contribution in [-0.2, 0) is 0 Å². The molecule has 2 heteroatoms. The van der Waals surface area contributed by atoms with Gasteiger partial charge >= 0.3 is 0 Å². The maximum absolute atomic E-state index is 12.2. The first-order valence-corrected chi connectivity index (χ1v) is 7.37. The van der Waals surface area contributed by atoms with Crippen molar-refractivity contribution in [3.05, 3.63) is 76.0 Å². The predicted molar refractivity (Wildman–Crippen MR) is 86.4 cm³/mol. The van der Waals surface area contributed by atoms with Crippen molar-refractivity contribution in [2.45, 2.75) is 6.92 Å². The van der Waals surface area contributed by atoms with E-state index >= 15 is 0 Å². The minimum absolute atomic E-state index is 0.0450. The third-order valence-corrected chi connectivity index (χ3v) is 4.31. The van der Waals surface area contributed by atoms with E-state index in [0.29, 0.717) is 0 Å². The van der Waals surface area contributed by atoms with Crippen LogP contribution in [0.15, 0.2) is 60.0 Å². The molecule has 0 spiro atoms. The summed E-state index contributed by atoms with van der Waals surface area (Å²) in [6.07, 6.45) is 3.56. The first kappa shape index (κ1) is 12.8. The van der Waals surface area contributed by atoms with Crippen molar-refractivity contribution in [3.63, 3.8) is 0 Å². The molecule has 1 nitrogen and oxygen atoms in total. The van der Waals surface area contributed by atoms with E-state index in [1.807, 2.05) is 47.9 Å². The van der Waals surface area contributed by atoms with Gasteiger partial charge in [-0.25, -0.2) is 0 Å². The fourth-order valence-electron chi connectivity index (χ4n) is 2.15. The Morgan fingerprint density at radius 1 is 1.05 bits per heavy atom. The summed E-state index contributed by atoms with van der Waals surface area (Å²) in [6, 6.07) is 16.0. The fraction of sp³-hybridized carbons (Fsp3) is 0.0556. The van der Waals surface area contributed by atoms with E-state index in [-0.39, 0.29) is 5.78 Å². The van der Waals surface area contributed by atoms with Gasteiger partial charge in [0.15, 0.2) is 5.78 Å². The van der Waals surface area contributed by atoms with Gasteiger partial charge in [-0.05, 0) is 52.9 Å². The van der Waals surface area contributed by atoms with Crippen LogP contribution in [-0.4, -0.2) is 5.78 Å². The SMILES string of the molecule is Cc1ccsc1C=CC(=O)c1ccc2ccccc2c1. The summed E-state index contributed by atoms with van der Waals surface area (Å²) >= 11 is 1.65.